The van der Waals surface area contributed by atoms with Gasteiger partial charge in [-0.3, -0.25) is 10.1 Å². The Hall–Kier alpha value is -3.51. The highest BCUT2D eigenvalue weighted by Crippen LogP contribution is 2.39. The Morgan fingerprint density at radius 3 is 2.21 bits per heavy atom. The number of aromatic nitrogens is 2. The lowest BCUT2D eigenvalue weighted by molar-refractivity contribution is 0.102. The summed E-state index contributed by atoms with van der Waals surface area (Å²) in [5.41, 5.74) is 3.45. The Balaban J connectivity index is 1.72. The zero-order valence-electron chi connectivity index (χ0n) is 16.2. The summed E-state index contributed by atoms with van der Waals surface area (Å²) >= 11 is 1.47. The predicted octanol–water partition coefficient (Wildman–Crippen LogP) is 5.19. The average Bonchev–Trinajstić information content (AvgIpc) is 3.18. The summed E-state index contributed by atoms with van der Waals surface area (Å²) in [6.07, 6.45) is 1.68. The molecule has 0 saturated heterocycles. The van der Waals surface area contributed by atoms with E-state index in [9.17, 15) is 4.79 Å². The molecule has 0 fully saturated rings. The Kier molecular flexibility index (Phi) is 5.35. The molecule has 0 aliphatic heterocycles. The molecule has 6 heteroatoms. The molecule has 0 aliphatic carbocycles. The minimum Gasteiger partial charge on any atom is -0.362 e. The van der Waals surface area contributed by atoms with Gasteiger partial charge in [0.25, 0.3) is 5.91 Å². The van der Waals surface area contributed by atoms with Gasteiger partial charge in [-0.15, -0.1) is 0 Å². The number of thiazole rings is 1. The molecule has 0 unspecified atom stereocenters. The summed E-state index contributed by atoms with van der Waals surface area (Å²) < 4.78 is 0. The molecule has 0 bridgehead atoms. The Labute approximate surface area is 173 Å². The molecule has 0 radical (unpaired) electrons. The lowest BCUT2D eigenvalue weighted by Crippen LogP contribution is -2.19. The van der Waals surface area contributed by atoms with Crippen LogP contribution in [0, 0.1) is 0 Å². The minimum atomic E-state index is -0.227. The number of benzene rings is 2. The quantitative estimate of drug-likeness (QED) is 0.501. The van der Waals surface area contributed by atoms with Crippen molar-refractivity contribution < 1.29 is 4.79 Å². The van der Waals surface area contributed by atoms with Gasteiger partial charge in [-0.2, -0.15) is 0 Å². The Morgan fingerprint density at radius 2 is 1.55 bits per heavy atom. The van der Waals surface area contributed by atoms with Crippen molar-refractivity contribution in [3.63, 3.8) is 0 Å². The Morgan fingerprint density at radius 1 is 0.897 bits per heavy atom. The van der Waals surface area contributed by atoms with Gasteiger partial charge < -0.3 is 4.90 Å². The van der Waals surface area contributed by atoms with Crippen molar-refractivity contribution in [2.45, 2.75) is 0 Å². The van der Waals surface area contributed by atoms with E-state index in [2.05, 4.69) is 22.4 Å². The lowest BCUT2D eigenvalue weighted by atomic mass is 10.1. The average molecular weight is 401 g/mol. The van der Waals surface area contributed by atoms with Crippen LogP contribution < -0.4 is 10.2 Å². The molecule has 2 aromatic heterocycles. The SMILES string of the molecule is CN(C)c1ncccc1C(=O)Nc1nc(-c2ccccc2)c(-c2ccccc2)s1. The molecule has 29 heavy (non-hydrogen) atoms. The van der Waals surface area contributed by atoms with E-state index in [0.717, 1.165) is 21.7 Å². The first-order valence-corrected chi connectivity index (χ1v) is 10.0. The minimum absolute atomic E-state index is 0.227. The van der Waals surface area contributed by atoms with Crippen LogP contribution in [-0.4, -0.2) is 30.0 Å². The summed E-state index contributed by atoms with van der Waals surface area (Å²) in [4.78, 5) is 24.8. The van der Waals surface area contributed by atoms with Crippen LogP contribution in [0.15, 0.2) is 79.0 Å². The zero-order chi connectivity index (χ0) is 20.2. The van der Waals surface area contributed by atoms with E-state index in [-0.39, 0.29) is 5.91 Å². The molecule has 1 N–H and O–H groups in total. The van der Waals surface area contributed by atoms with Gasteiger partial charge >= 0.3 is 0 Å². The second kappa shape index (κ2) is 8.24. The molecular formula is C23H20N4OS. The third-order valence-electron chi connectivity index (χ3n) is 4.39. The highest BCUT2D eigenvalue weighted by atomic mass is 32.1. The van der Waals surface area contributed by atoms with Crippen LogP contribution >= 0.6 is 11.3 Å². The third kappa shape index (κ3) is 4.02. The first-order valence-electron chi connectivity index (χ1n) is 9.19. The molecule has 0 aliphatic rings. The summed E-state index contributed by atoms with van der Waals surface area (Å²) in [5.74, 6) is 0.392. The molecule has 5 nitrogen and oxygen atoms in total. The predicted molar refractivity (Wildman–Crippen MR) is 120 cm³/mol. The fourth-order valence-corrected chi connectivity index (χ4v) is 4.03. The molecule has 0 atom stereocenters. The van der Waals surface area contributed by atoms with Crippen LogP contribution in [0.3, 0.4) is 0 Å². The van der Waals surface area contributed by atoms with E-state index in [0.29, 0.717) is 16.5 Å². The van der Waals surface area contributed by atoms with Crippen LogP contribution in [0.5, 0.6) is 0 Å². The number of anilines is 2. The highest BCUT2D eigenvalue weighted by molar-refractivity contribution is 7.19. The van der Waals surface area contributed by atoms with E-state index in [1.165, 1.54) is 11.3 Å². The monoisotopic (exact) mass is 400 g/mol. The molecule has 4 rings (SSSR count). The van der Waals surface area contributed by atoms with E-state index < -0.39 is 0 Å². The maximum absolute atomic E-state index is 12.9. The zero-order valence-corrected chi connectivity index (χ0v) is 17.0. The van der Waals surface area contributed by atoms with Crippen LogP contribution in [-0.2, 0) is 0 Å². The molecule has 1 amide bonds. The third-order valence-corrected chi connectivity index (χ3v) is 5.41. The number of hydrogen-bond acceptors (Lipinski definition) is 5. The summed E-state index contributed by atoms with van der Waals surface area (Å²) in [6.45, 7) is 0. The molecule has 2 aromatic carbocycles. The number of amides is 1. The first-order chi connectivity index (χ1) is 14.1. The topological polar surface area (TPSA) is 58.1 Å². The van der Waals surface area contributed by atoms with Gasteiger partial charge in [0.1, 0.15) is 5.82 Å². The molecule has 0 spiro atoms. The number of carbonyl (C=O) groups is 1. The van der Waals surface area contributed by atoms with Crippen LogP contribution in [0.25, 0.3) is 21.7 Å². The van der Waals surface area contributed by atoms with Crippen molar-refractivity contribution in [3.05, 3.63) is 84.6 Å². The van der Waals surface area contributed by atoms with E-state index >= 15 is 0 Å². The van der Waals surface area contributed by atoms with Crippen LogP contribution in [0.1, 0.15) is 10.4 Å². The number of hydrogen-bond donors (Lipinski definition) is 1. The van der Waals surface area contributed by atoms with Crippen LogP contribution in [0.4, 0.5) is 10.9 Å². The van der Waals surface area contributed by atoms with Crippen LogP contribution in [0.2, 0.25) is 0 Å². The molecule has 144 valence electrons. The van der Waals surface area contributed by atoms with Crippen molar-refractivity contribution in [3.8, 4) is 21.7 Å². The lowest BCUT2D eigenvalue weighted by Gasteiger charge is -2.14. The molecule has 2 heterocycles. The second-order valence-corrected chi connectivity index (χ2v) is 7.65. The first kappa shape index (κ1) is 18.8. The van der Waals surface area contributed by atoms with E-state index in [1.807, 2.05) is 67.5 Å². The summed E-state index contributed by atoms with van der Waals surface area (Å²) in [5, 5.41) is 3.51. The smallest absolute Gasteiger partial charge is 0.261 e. The van der Waals surface area contributed by atoms with Crippen molar-refractivity contribution in [2.75, 3.05) is 24.3 Å². The van der Waals surface area contributed by atoms with E-state index in [1.54, 1.807) is 18.3 Å². The van der Waals surface area contributed by atoms with Crippen molar-refractivity contribution in [1.82, 2.24) is 9.97 Å². The fraction of sp³-hybridized carbons (Fsp3) is 0.0870. The highest BCUT2D eigenvalue weighted by Gasteiger charge is 2.19. The number of nitrogens with zero attached hydrogens (tertiary/aromatic N) is 3. The largest absolute Gasteiger partial charge is 0.362 e. The van der Waals surface area contributed by atoms with Gasteiger partial charge in [0.2, 0.25) is 0 Å². The van der Waals surface area contributed by atoms with Crippen molar-refractivity contribution in [1.29, 1.82) is 0 Å². The number of nitrogens with one attached hydrogen (secondary N) is 1. The number of pyridine rings is 1. The summed E-state index contributed by atoms with van der Waals surface area (Å²) in [6, 6.07) is 23.6. The van der Waals surface area contributed by atoms with Gasteiger partial charge in [-0.05, 0) is 17.7 Å². The van der Waals surface area contributed by atoms with Gasteiger partial charge in [0, 0.05) is 25.9 Å². The molecule has 4 aromatic rings. The molecule has 0 saturated carbocycles. The van der Waals surface area contributed by atoms with Gasteiger partial charge in [-0.1, -0.05) is 72.0 Å². The number of rotatable bonds is 5. The maximum atomic E-state index is 12.9. The standard InChI is InChI=1S/C23H20N4OS/c1-27(2)21-18(14-9-15-24-21)22(28)26-23-25-19(16-10-5-3-6-11-16)20(29-23)17-12-7-4-8-13-17/h3-15H,1-2H3,(H,25,26,28). The fourth-order valence-electron chi connectivity index (χ4n) is 3.05. The Bertz CT molecular complexity index is 1070. The van der Waals surface area contributed by atoms with Gasteiger partial charge in [0.05, 0.1) is 16.1 Å². The second-order valence-electron chi connectivity index (χ2n) is 6.65. The maximum Gasteiger partial charge on any atom is 0.261 e. The van der Waals surface area contributed by atoms with Gasteiger partial charge in [0.15, 0.2) is 5.13 Å². The normalized spacial score (nSPS) is 10.6. The van der Waals surface area contributed by atoms with Gasteiger partial charge in [-0.25, -0.2) is 9.97 Å². The van der Waals surface area contributed by atoms with Crippen molar-refractivity contribution in [2.24, 2.45) is 0 Å². The molecular weight excluding hydrogens is 380 g/mol. The summed E-state index contributed by atoms with van der Waals surface area (Å²) in [7, 11) is 3.73. The number of carbonyl (C=O) groups excluding carboxylic acids is 1. The van der Waals surface area contributed by atoms with Crippen molar-refractivity contribution >= 4 is 28.2 Å². The van der Waals surface area contributed by atoms with E-state index in [4.69, 9.17) is 4.98 Å².